The van der Waals surface area contributed by atoms with Crippen LogP contribution in [0.2, 0.25) is 0 Å². The SMILES string of the molecule is CCN(C1CC1)S(=O)(=O)c1ccc(CO)cc1. The van der Waals surface area contributed by atoms with Crippen LogP contribution < -0.4 is 0 Å². The van der Waals surface area contributed by atoms with Crippen molar-refractivity contribution in [3.05, 3.63) is 29.8 Å². The van der Waals surface area contributed by atoms with Crippen molar-refractivity contribution in [3.63, 3.8) is 0 Å². The smallest absolute Gasteiger partial charge is 0.243 e. The Morgan fingerprint density at radius 3 is 2.29 bits per heavy atom. The first kappa shape index (κ1) is 12.5. The van der Waals surface area contributed by atoms with Gasteiger partial charge in [0.1, 0.15) is 0 Å². The summed E-state index contributed by atoms with van der Waals surface area (Å²) in [7, 11) is -3.36. The molecule has 1 aromatic carbocycles. The molecule has 2 rings (SSSR count). The zero-order valence-corrected chi connectivity index (χ0v) is 10.7. The van der Waals surface area contributed by atoms with Gasteiger partial charge in [-0.1, -0.05) is 19.1 Å². The van der Waals surface area contributed by atoms with Crippen LogP contribution in [0.3, 0.4) is 0 Å². The highest BCUT2D eigenvalue weighted by Gasteiger charge is 2.36. The summed E-state index contributed by atoms with van der Waals surface area (Å²) < 4.78 is 26.2. The number of sulfonamides is 1. The van der Waals surface area contributed by atoms with E-state index in [1.54, 1.807) is 28.6 Å². The van der Waals surface area contributed by atoms with Gasteiger partial charge in [0.25, 0.3) is 0 Å². The summed E-state index contributed by atoms with van der Waals surface area (Å²) >= 11 is 0. The van der Waals surface area contributed by atoms with Crippen molar-refractivity contribution < 1.29 is 13.5 Å². The maximum atomic E-state index is 12.3. The van der Waals surface area contributed by atoms with Crippen LogP contribution in [0.5, 0.6) is 0 Å². The zero-order valence-electron chi connectivity index (χ0n) is 9.83. The molecule has 0 atom stereocenters. The second-order valence-electron chi connectivity index (χ2n) is 4.24. The fourth-order valence-corrected chi connectivity index (χ4v) is 3.58. The van der Waals surface area contributed by atoms with E-state index >= 15 is 0 Å². The quantitative estimate of drug-likeness (QED) is 0.864. The average Bonchev–Trinajstić information content (AvgIpc) is 3.14. The molecule has 0 aromatic heterocycles. The molecular weight excluding hydrogens is 238 g/mol. The molecule has 0 aliphatic heterocycles. The summed E-state index contributed by atoms with van der Waals surface area (Å²) in [6.45, 7) is 2.30. The van der Waals surface area contributed by atoms with E-state index in [1.165, 1.54) is 0 Å². The van der Waals surface area contributed by atoms with E-state index in [4.69, 9.17) is 5.11 Å². The van der Waals surface area contributed by atoms with Crippen molar-refractivity contribution in [1.82, 2.24) is 4.31 Å². The molecule has 94 valence electrons. The van der Waals surface area contributed by atoms with E-state index in [-0.39, 0.29) is 12.6 Å². The highest BCUT2D eigenvalue weighted by atomic mass is 32.2. The molecule has 0 bridgehead atoms. The standard InChI is InChI=1S/C12H17NO3S/c1-2-13(11-5-6-11)17(15,16)12-7-3-10(9-14)4-8-12/h3-4,7-8,11,14H,2,5-6,9H2,1H3. The van der Waals surface area contributed by atoms with E-state index in [0.29, 0.717) is 11.4 Å². The molecule has 1 aliphatic rings. The van der Waals surface area contributed by atoms with Crippen LogP contribution in [0.1, 0.15) is 25.3 Å². The van der Waals surface area contributed by atoms with Gasteiger partial charge in [0.2, 0.25) is 10.0 Å². The van der Waals surface area contributed by atoms with Gasteiger partial charge in [-0.3, -0.25) is 0 Å². The Bertz CT molecular complexity index is 477. The molecule has 0 amide bonds. The third-order valence-corrected chi connectivity index (χ3v) is 5.02. The van der Waals surface area contributed by atoms with Crippen molar-refractivity contribution in [2.75, 3.05) is 6.54 Å². The maximum Gasteiger partial charge on any atom is 0.243 e. The van der Waals surface area contributed by atoms with Crippen LogP contribution in [0, 0.1) is 0 Å². The molecule has 1 fully saturated rings. The Balaban J connectivity index is 2.29. The first-order chi connectivity index (χ1) is 8.09. The first-order valence-corrected chi connectivity index (χ1v) is 7.25. The molecule has 0 heterocycles. The molecular formula is C12H17NO3S. The molecule has 0 saturated heterocycles. The predicted octanol–water partition coefficient (Wildman–Crippen LogP) is 1.35. The topological polar surface area (TPSA) is 57.6 Å². The minimum Gasteiger partial charge on any atom is -0.392 e. The van der Waals surface area contributed by atoms with Crippen LogP contribution in [0.25, 0.3) is 0 Å². The predicted molar refractivity (Wildman–Crippen MR) is 65.0 cm³/mol. The van der Waals surface area contributed by atoms with Crippen molar-refractivity contribution in [2.24, 2.45) is 0 Å². The summed E-state index contributed by atoms with van der Waals surface area (Å²) in [4.78, 5) is 0.309. The summed E-state index contributed by atoms with van der Waals surface area (Å²) in [5.74, 6) is 0. The van der Waals surface area contributed by atoms with E-state index < -0.39 is 10.0 Å². The number of nitrogens with zero attached hydrogens (tertiary/aromatic N) is 1. The molecule has 0 radical (unpaired) electrons. The number of rotatable bonds is 5. The number of aliphatic hydroxyl groups is 1. The zero-order chi connectivity index (χ0) is 12.5. The molecule has 1 aliphatic carbocycles. The molecule has 0 spiro atoms. The minimum atomic E-state index is -3.36. The highest BCUT2D eigenvalue weighted by molar-refractivity contribution is 7.89. The van der Waals surface area contributed by atoms with Gasteiger partial charge < -0.3 is 5.11 Å². The van der Waals surface area contributed by atoms with Crippen molar-refractivity contribution in [3.8, 4) is 0 Å². The molecule has 5 heteroatoms. The van der Waals surface area contributed by atoms with Gasteiger partial charge in [-0.15, -0.1) is 0 Å². The van der Waals surface area contributed by atoms with E-state index in [2.05, 4.69) is 0 Å². The van der Waals surface area contributed by atoms with Gasteiger partial charge in [-0.25, -0.2) is 8.42 Å². The molecule has 1 N–H and O–H groups in total. The Kier molecular flexibility index (Phi) is 3.51. The van der Waals surface area contributed by atoms with Crippen LogP contribution in [0.15, 0.2) is 29.2 Å². The fraction of sp³-hybridized carbons (Fsp3) is 0.500. The lowest BCUT2D eigenvalue weighted by Gasteiger charge is -2.19. The van der Waals surface area contributed by atoms with E-state index in [0.717, 1.165) is 18.4 Å². The third-order valence-electron chi connectivity index (χ3n) is 2.98. The molecule has 17 heavy (non-hydrogen) atoms. The Labute approximate surface area is 102 Å². The number of aliphatic hydroxyl groups excluding tert-OH is 1. The lowest BCUT2D eigenvalue weighted by atomic mass is 10.2. The van der Waals surface area contributed by atoms with Crippen LogP contribution >= 0.6 is 0 Å². The number of hydrogen-bond donors (Lipinski definition) is 1. The summed E-state index contributed by atoms with van der Waals surface area (Å²) in [6, 6.07) is 6.60. The molecule has 1 aromatic rings. The third kappa shape index (κ3) is 2.51. The normalized spacial score (nSPS) is 16.4. The minimum absolute atomic E-state index is 0.0690. The second kappa shape index (κ2) is 4.76. The highest BCUT2D eigenvalue weighted by Crippen LogP contribution is 2.31. The number of benzene rings is 1. The van der Waals surface area contributed by atoms with E-state index in [9.17, 15) is 8.42 Å². The first-order valence-electron chi connectivity index (χ1n) is 5.81. The van der Waals surface area contributed by atoms with Gasteiger partial charge >= 0.3 is 0 Å². The Morgan fingerprint density at radius 2 is 1.88 bits per heavy atom. The van der Waals surface area contributed by atoms with Gasteiger partial charge in [0.15, 0.2) is 0 Å². The molecule has 1 saturated carbocycles. The monoisotopic (exact) mass is 255 g/mol. The van der Waals surface area contributed by atoms with Crippen LogP contribution in [0.4, 0.5) is 0 Å². The van der Waals surface area contributed by atoms with Gasteiger partial charge in [0, 0.05) is 12.6 Å². The van der Waals surface area contributed by atoms with Gasteiger partial charge in [-0.05, 0) is 30.5 Å². The average molecular weight is 255 g/mol. The molecule has 0 unspecified atom stereocenters. The summed E-state index contributed by atoms with van der Waals surface area (Å²) in [5.41, 5.74) is 0.721. The van der Waals surface area contributed by atoms with Gasteiger partial charge in [0.05, 0.1) is 11.5 Å². The number of hydrogen-bond acceptors (Lipinski definition) is 3. The van der Waals surface area contributed by atoms with Gasteiger partial charge in [-0.2, -0.15) is 4.31 Å². The largest absolute Gasteiger partial charge is 0.392 e. The van der Waals surface area contributed by atoms with Crippen LogP contribution in [-0.2, 0) is 16.6 Å². The maximum absolute atomic E-state index is 12.3. The van der Waals surface area contributed by atoms with Crippen molar-refractivity contribution >= 4 is 10.0 Å². The second-order valence-corrected chi connectivity index (χ2v) is 6.13. The lowest BCUT2D eigenvalue weighted by molar-refractivity contribution is 0.281. The summed E-state index contributed by atoms with van der Waals surface area (Å²) in [6.07, 6.45) is 1.92. The fourth-order valence-electron chi connectivity index (χ4n) is 1.89. The van der Waals surface area contributed by atoms with Crippen LogP contribution in [-0.4, -0.2) is 30.4 Å². The van der Waals surface area contributed by atoms with E-state index in [1.807, 2.05) is 6.92 Å². The summed E-state index contributed by atoms with van der Waals surface area (Å²) in [5, 5.41) is 8.93. The Hall–Kier alpha value is -0.910. The Morgan fingerprint density at radius 1 is 1.29 bits per heavy atom. The lowest BCUT2D eigenvalue weighted by Crippen LogP contribution is -2.32. The molecule has 4 nitrogen and oxygen atoms in total. The van der Waals surface area contributed by atoms with Crippen molar-refractivity contribution in [2.45, 2.75) is 37.3 Å². The van der Waals surface area contributed by atoms with Crippen molar-refractivity contribution in [1.29, 1.82) is 0 Å².